The van der Waals surface area contributed by atoms with Gasteiger partial charge in [-0.2, -0.15) is 0 Å². The standard InChI is InChI=1S/C21H42N2O2/c1-3-5-6-7-8-9-10-11-12-13-14-15-16-17-18-19-21(24)22-23(25)20-4-2/h11-12,23H,3-10,13-20H2,1-2H3,(H,22,24)/b12-11-. The molecule has 1 atom stereocenters. The summed E-state index contributed by atoms with van der Waals surface area (Å²) in [5.74, 6) is -0.115. The van der Waals surface area contributed by atoms with E-state index in [1.54, 1.807) is 0 Å². The van der Waals surface area contributed by atoms with E-state index in [2.05, 4.69) is 24.5 Å². The van der Waals surface area contributed by atoms with Crippen molar-refractivity contribution in [2.75, 3.05) is 6.54 Å². The second-order valence-corrected chi connectivity index (χ2v) is 7.06. The normalized spacial score (nSPS) is 12.6. The number of hydrogen-bond acceptors (Lipinski definition) is 2. The van der Waals surface area contributed by atoms with Crippen LogP contribution in [0.2, 0.25) is 0 Å². The van der Waals surface area contributed by atoms with Crippen molar-refractivity contribution >= 4 is 5.91 Å². The molecule has 1 amide bonds. The molecular formula is C21H42N2O2. The first-order chi connectivity index (χ1) is 12.2. The van der Waals surface area contributed by atoms with Gasteiger partial charge in [0, 0.05) is 6.42 Å². The zero-order valence-corrected chi connectivity index (χ0v) is 16.8. The van der Waals surface area contributed by atoms with E-state index < -0.39 is 0 Å². The molecule has 0 aromatic carbocycles. The lowest BCUT2D eigenvalue weighted by Crippen LogP contribution is -3.14. The van der Waals surface area contributed by atoms with Gasteiger partial charge in [0.25, 0.3) is 5.91 Å². The van der Waals surface area contributed by atoms with Gasteiger partial charge in [0.15, 0.2) is 0 Å². The van der Waals surface area contributed by atoms with Crippen molar-refractivity contribution in [3.8, 4) is 0 Å². The summed E-state index contributed by atoms with van der Waals surface area (Å²) in [5, 5.41) is 11.1. The fraction of sp³-hybridized carbons (Fsp3) is 0.857. The van der Waals surface area contributed by atoms with Crippen molar-refractivity contribution in [2.24, 2.45) is 0 Å². The molecule has 2 N–H and O–H groups in total. The molecule has 25 heavy (non-hydrogen) atoms. The highest BCUT2D eigenvalue weighted by atomic mass is 16.5. The second kappa shape index (κ2) is 19.5. The summed E-state index contributed by atoms with van der Waals surface area (Å²) in [6.07, 6.45) is 22.2. The van der Waals surface area contributed by atoms with Gasteiger partial charge < -0.3 is 5.21 Å². The molecule has 0 aromatic rings. The number of amides is 1. The van der Waals surface area contributed by atoms with Gasteiger partial charge in [0.2, 0.25) is 0 Å². The Labute approximate surface area is 156 Å². The van der Waals surface area contributed by atoms with Crippen LogP contribution in [0.1, 0.15) is 110 Å². The average Bonchev–Trinajstić information content (AvgIpc) is 2.58. The Morgan fingerprint density at radius 1 is 0.800 bits per heavy atom. The van der Waals surface area contributed by atoms with Crippen LogP contribution >= 0.6 is 0 Å². The van der Waals surface area contributed by atoms with E-state index in [-0.39, 0.29) is 11.1 Å². The largest absolute Gasteiger partial charge is 0.608 e. The quantitative estimate of drug-likeness (QED) is 0.210. The SMILES string of the molecule is CCCCCCCC/C=C\CCCCCCCC(=O)N[NH+]([O-])CCC. The lowest BCUT2D eigenvalue weighted by molar-refractivity contribution is -0.886. The van der Waals surface area contributed by atoms with E-state index in [1.165, 1.54) is 70.6 Å². The highest BCUT2D eigenvalue weighted by molar-refractivity contribution is 5.74. The van der Waals surface area contributed by atoms with Crippen LogP contribution < -0.4 is 10.6 Å². The Balaban J connectivity index is 3.25. The van der Waals surface area contributed by atoms with E-state index in [4.69, 9.17) is 0 Å². The number of carbonyl (C=O) groups is 1. The molecule has 0 aromatic heterocycles. The maximum Gasteiger partial charge on any atom is 0.265 e. The van der Waals surface area contributed by atoms with Gasteiger partial charge in [-0.3, -0.25) is 9.97 Å². The first kappa shape index (κ1) is 24.1. The van der Waals surface area contributed by atoms with Crippen LogP contribution in [0.4, 0.5) is 0 Å². The molecule has 4 heteroatoms. The maximum atomic E-state index is 11.5. The Bertz CT molecular complexity index is 319. The highest BCUT2D eigenvalue weighted by Gasteiger charge is 2.04. The Morgan fingerprint density at radius 2 is 1.32 bits per heavy atom. The summed E-state index contributed by atoms with van der Waals surface area (Å²) in [5.41, 5.74) is 2.44. The topological polar surface area (TPSA) is 56.6 Å². The monoisotopic (exact) mass is 354 g/mol. The predicted molar refractivity (Wildman–Crippen MR) is 107 cm³/mol. The van der Waals surface area contributed by atoms with Gasteiger partial charge in [-0.15, -0.1) is 0 Å². The Kier molecular flexibility index (Phi) is 18.8. The van der Waals surface area contributed by atoms with Crippen molar-refractivity contribution in [2.45, 2.75) is 110 Å². The minimum Gasteiger partial charge on any atom is -0.608 e. The Morgan fingerprint density at radius 3 is 1.88 bits per heavy atom. The van der Waals surface area contributed by atoms with Crippen LogP contribution in [0.25, 0.3) is 0 Å². The van der Waals surface area contributed by atoms with Crippen LogP contribution in [0.15, 0.2) is 12.2 Å². The number of rotatable bonds is 18. The summed E-state index contributed by atoms with van der Waals surface area (Å²) in [6.45, 7) is 4.64. The van der Waals surface area contributed by atoms with Crippen LogP contribution in [-0.2, 0) is 4.79 Å². The van der Waals surface area contributed by atoms with Crippen molar-refractivity contribution in [1.29, 1.82) is 0 Å². The van der Waals surface area contributed by atoms with Gasteiger partial charge in [0.05, 0.1) is 6.54 Å². The summed E-state index contributed by atoms with van der Waals surface area (Å²) >= 11 is 0. The minimum absolute atomic E-state index is 0.115. The van der Waals surface area contributed by atoms with E-state index in [9.17, 15) is 10.0 Å². The molecule has 1 unspecified atom stereocenters. The number of unbranched alkanes of at least 4 members (excludes halogenated alkanes) is 11. The average molecular weight is 355 g/mol. The lowest BCUT2D eigenvalue weighted by Gasteiger charge is -2.20. The fourth-order valence-corrected chi connectivity index (χ4v) is 2.86. The number of hydroxylamine groups is 1. The first-order valence-electron chi connectivity index (χ1n) is 10.7. The molecule has 0 rings (SSSR count). The van der Waals surface area contributed by atoms with Crippen molar-refractivity contribution in [1.82, 2.24) is 5.43 Å². The molecule has 0 saturated carbocycles. The van der Waals surface area contributed by atoms with Crippen LogP contribution in [-0.4, -0.2) is 12.5 Å². The third-order valence-electron chi connectivity index (χ3n) is 4.42. The fourth-order valence-electron chi connectivity index (χ4n) is 2.86. The predicted octanol–water partition coefficient (Wildman–Crippen LogP) is 4.85. The summed E-state index contributed by atoms with van der Waals surface area (Å²) < 4.78 is 0. The van der Waals surface area contributed by atoms with E-state index >= 15 is 0 Å². The van der Waals surface area contributed by atoms with Crippen molar-refractivity contribution < 1.29 is 9.97 Å². The van der Waals surface area contributed by atoms with Crippen LogP contribution in [0.5, 0.6) is 0 Å². The molecule has 0 bridgehead atoms. The number of allylic oxidation sites excluding steroid dienone is 2. The van der Waals surface area contributed by atoms with Gasteiger partial charge in [-0.1, -0.05) is 77.4 Å². The molecule has 148 valence electrons. The second-order valence-electron chi connectivity index (χ2n) is 7.06. The van der Waals surface area contributed by atoms with E-state index in [0.29, 0.717) is 13.0 Å². The molecule has 0 fully saturated rings. The molecule has 0 aliphatic carbocycles. The molecular weight excluding hydrogens is 312 g/mol. The summed E-state index contributed by atoms with van der Waals surface area (Å²) in [4.78, 5) is 11.5. The van der Waals surface area contributed by atoms with Gasteiger partial charge in [-0.05, 0) is 38.5 Å². The van der Waals surface area contributed by atoms with Crippen LogP contribution in [0, 0.1) is 5.21 Å². The first-order valence-corrected chi connectivity index (χ1v) is 10.7. The highest BCUT2D eigenvalue weighted by Crippen LogP contribution is 2.09. The smallest absolute Gasteiger partial charge is 0.265 e. The van der Waals surface area contributed by atoms with E-state index in [0.717, 1.165) is 19.3 Å². The van der Waals surface area contributed by atoms with Crippen molar-refractivity contribution in [3.05, 3.63) is 17.4 Å². The number of quaternary nitrogens is 1. The van der Waals surface area contributed by atoms with Gasteiger partial charge in [-0.25, -0.2) is 5.43 Å². The zero-order chi connectivity index (χ0) is 18.6. The molecule has 0 radical (unpaired) electrons. The summed E-state index contributed by atoms with van der Waals surface area (Å²) in [6, 6.07) is 0. The number of carbonyl (C=O) groups excluding carboxylic acids is 1. The summed E-state index contributed by atoms with van der Waals surface area (Å²) in [7, 11) is 0. The van der Waals surface area contributed by atoms with Crippen LogP contribution in [0.3, 0.4) is 0 Å². The number of nitrogens with one attached hydrogen (secondary N) is 2. The molecule has 0 saturated heterocycles. The molecule has 0 aliphatic rings. The lowest BCUT2D eigenvalue weighted by atomic mass is 10.1. The number of hydrogen-bond donors (Lipinski definition) is 2. The third kappa shape index (κ3) is 19.3. The zero-order valence-electron chi connectivity index (χ0n) is 16.8. The van der Waals surface area contributed by atoms with Gasteiger partial charge in [0.1, 0.15) is 0 Å². The van der Waals surface area contributed by atoms with Gasteiger partial charge >= 0.3 is 0 Å². The minimum atomic E-state index is -0.139. The molecule has 0 spiro atoms. The third-order valence-corrected chi connectivity index (χ3v) is 4.42. The Hall–Kier alpha value is -0.870. The van der Waals surface area contributed by atoms with Crippen molar-refractivity contribution in [3.63, 3.8) is 0 Å². The van der Waals surface area contributed by atoms with E-state index in [1.807, 2.05) is 6.92 Å². The maximum absolute atomic E-state index is 11.5. The molecule has 4 nitrogen and oxygen atoms in total. The molecule has 0 aliphatic heterocycles. The molecule has 0 heterocycles.